The van der Waals surface area contributed by atoms with E-state index in [2.05, 4.69) is 59.9 Å². The van der Waals surface area contributed by atoms with Crippen molar-refractivity contribution < 1.29 is 4.79 Å². The van der Waals surface area contributed by atoms with E-state index in [4.69, 9.17) is 12.2 Å². The summed E-state index contributed by atoms with van der Waals surface area (Å²) in [5.41, 5.74) is 2.37. The minimum Gasteiger partial charge on any atom is -0.355 e. The number of rotatable bonds is 8. The van der Waals surface area contributed by atoms with Crippen LogP contribution in [-0.2, 0) is 11.2 Å². The molecule has 0 fully saturated rings. The average molecular weight is 458 g/mol. The van der Waals surface area contributed by atoms with Crippen LogP contribution >= 0.6 is 24.0 Å². The van der Waals surface area contributed by atoms with Crippen molar-refractivity contribution in [3.8, 4) is 0 Å². The number of carbonyl (C=O) groups is 1. The maximum atomic E-state index is 12.5. The molecule has 162 valence electrons. The lowest BCUT2D eigenvalue weighted by atomic mass is 9.94. The van der Waals surface area contributed by atoms with Crippen LogP contribution in [-0.4, -0.2) is 21.9 Å². The molecule has 0 aliphatic heterocycles. The number of fused-ring (bicyclic) bond motifs is 3. The Kier molecular flexibility index (Phi) is 7.56. The molecule has 0 spiro atoms. The molecule has 4 aromatic carbocycles. The number of thiocarbonyl (C=S) groups is 1. The van der Waals surface area contributed by atoms with Crippen LogP contribution in [0.15, 0.2) is 84.9 Å². The molecule has 2 nitrogen and oxygen atoms in total. The van der Waals surface area contributed by atoms with Crippen LogP contribution in [0.3, 0.4) is 0 Å². The largest absolute Gasteiger partial charge is 0.355 e. The summed E-state index contributed by atoms with van der Waals surface area (Å²) in [5, 5.41) is 8.11. The van der Waals surface area contributed by atoms with Crippen LogP contribution in [0.25, 0.3) is 21.5 Å². The summed E-state index contributed by atoms with van der Waals surface area (Å²) in [5.74, 6) is 0.0458. The minimum atomic E-state index is -0.202. The summed E-state index contributed by atoms with van der Waals surface area (Å²) in [7, 11) is 0. The molecular formula is C28H27NOS2. The Morgan fingerprint density at radius 1 is 0.875 bits per heavy atom. The predicted molar refractivity (Wildman–Crippen MR) is 143 cm³/mol. The lowest BCUT2D eigenvalue weighted by Gasteiger charge is -2.13. The molecule has 0 saturated carbocycles. The number of hydrogen-bond acceptors (Lipinski definition) is 3. The van der Waals surface area contributed by atoms with Crippen molar-refractivity contribution >= 4 is 55.6 Å². The Balaban J connectivity index is 1.28. The van der Waals surface area contributed by atoms with Gasteiger partial charge in [0.25, 0.3) is 0 Å². The van der Waals surface area contributed by atoms with E-state index in [0.29, 0.717) is 6.54 Å². The van der Waals surface area contributed by atoms with E-state index in [-0.39, 0.29) is 11.2 Å². The van der Waals surface area contributed by atoms with Crippen LogP contribution < -0.4 is 5.32 Å². The van der Waals surface area contributed by atoms with Gasteiger partial charge in [0.15, 0.2) is 0 Å². The molecule has 0 bridgehead atoms. The summed E-state index contributed by atoms with van der Waals surface area (Å²) in [6.45, 7) is 2.60. The van der Waals surface area contributed by atoms with Crippen molar-refractivity contribution in [3.63, 3.8) is 0 Å². The molecule has 4 heteroatoms. The highest BCUT2D eigenvalue weighted by molar-refractivity contribution is 8.24. The molecule has 0 aliphatic carbocycles. The van der Waals surface area contributed by atoms with Gasteiger partial charge in [0.2, 0.25) is 5.91 Å². The third-order valence-electron chi connectivity index (χ3n) is 5.69. The van der Waals surface area contributed by atoms with Crippen molar-refractivity contribution in [2.24, 2.45) is 0 Å². The van der Waals surface area contributed by atoms with Crippen LogP contribution in [0.5, 0.6) is 0 Å². The number of carbonyl (C=O) groups excluding carboxylic acids is 1. The highest BCUT2D eigenvalue weighted by atomic mass is 32.2. The average Bonchev–Trinajstić information content (AvgIpc) is 2.84. The van der Waals surface area contributed by atoms with Crippen LogP contribution in [0, 0.1) is 0 Å². The molecule has 1 unspecified atom stereocenters. The zero-order chi connectivity index (χ0) is 22.3. The Labute approximate surface area is 199 Å². The molecule has 1 amide bonds. The number of unbranched alkanes of at least 4 members (excludes halogenated alkanes) is 1. The van der Waals surface area contributed by atoms with E-state index >= 15 is 0 Å². The summed E-state index contributed by atoms with van der Waals surface area (Å²) in [6.07, 6.45) is 2.99. The highest BCUT2D eigenvalue weighted by Gasteiger charge is 2.16. The van der Waals surface area contributed by atoms with E-state index in [0.717, 1.165) is 29.0 Å². The van der Waals surface area contributed by atoms with Gasteiger partial charge < -0.3 is 5.32 Å². The monoisotopic (exact) mass is 457 g/mol. The van der Waals surface area contributed by atoms with Gasteiger partial charge in [-0.1, -0.05) is 97.1 Å². The summed E-state index contributed by atoms with van der Waals surface area (Å²) < 4.78 is 0.761. The third-order valence-corrected chi connectivity index (χ3v) is 7.23. The van der Waals surface area contributed by atoms with E-state index in [9.17, 15) is 4.79 Å². The quantitative estimate of drug-likeness (QED) is 0.177. The molecule has 1 N–H and O–H groups in total. The lowest BCUT2D eigenvalue weighted by Crippen LogP contribution is -2.32. The molecule has 4 aromatic rings. The normalized spacial score (nSPS) is 12.0. The topological polar surface area (TPSA) is 29.1 Å². The van der Waals surface area contributed by atoms with Crippen molar-refractivity contribution in [1.82, 2.24) is 5.32 Å². The maximum absolute atomic E-state index is 12.5. The van der Waals surface area contributed by atoms with Crippen molar-refractivity contribution in [3.05, 3.63) is 96.1 Å². The van der Waals surface area contributed by atoms with Gasteiger partial charge in [-0.15, -0.1) is 11.8 Å². The van der Waals surface area contributed by atoms with Crippen molar-refractivity contribution in [2.75, 3.05) is 6.54 Å². The standard InChI is InChI=1S/C28H27NOS2/c1-20(32-28(31)21-11-3-2-4-12-21)27(30)29-18-10-9-14-23-19-22-13-5-6-15-24(22)26-17-8-7-16-25(23)26/h2-8,11-13,15-17,19-20H,9-10,14,18H2,1H3,(H,29,30). The molecule has 32 heavy (non-hydrogen) atoms. The van der Waals surface area contributed by atoms with Gasteiger partial charge in [-0.25, -0.2) is 0 Å². The molecule has 0 radical (unpaired) electrons. The van der Waals surface area contributed by atoms with E-state index in [1.807, 2.05) is 37.3 Å². The van der Waals surface area contributed by atoms with Crippen molar-refractivity contribution in [1.29, 1.82) is 0 Å². The Bertz CT molecular complexity index is 1240. The van der Waals surface area contributed by atoms with E-state index in [1.54, 1.807) is 0 Å². The van der Waals surface area contributed by atoms with E-state index in [1.165, 1.54) is 38.9 Å². The fourth-order valence-electron chi connectivity index (χ4n) is 3.99. The summed E-state index contributed by atoms with van der Waals surface area (Å²) >= 11 is 6.92. The van der Waals surface area contributed by atoms with Gasteiger partial charge in [0.1, 0.15) is 0 Å². The molecule has 0 heterocycles. The zero-order valence-electron chi connectivity index (χ0n) is 18.2. The fourth-order valence-corrected chi connectivity index (χ4v) is 5.34. The Morgan fingerprint density at radius 2 is 1.53 bits per heavy atom. The van der Waals surface area contributed by atoms with Gasteiger partial charge >= 0.3 is 0 Å². The molecule has 1 atom stereocenters. The van der Waals surface area contributed by atoms with Crippen molar-refractivity contribution in [2.45, 2.75) is 31.4 Å². The van der Waals surface area contributed by atoms with Gasteiger partial charge in [-0.3, -0.25) is 4.79 Å². The summed E-state index contributed by atoms with van der Waals surface area (Å²) in [6, 6.07) is 29.4. The second kappa shape index (κ2) is 10.8. The third kappa shape index (κ3) is 5.37. The second-order valence-corrected chi connectivity index (χ2v) is 9.98. The van der Waals surface area contributed by atoms with Gasteiger partial charge in [0.05, 0.1) is 9.45 Å². The SMILES string of the molecule is CC(SC(=S)c1ccccc1)C(=O)NCCCCc1cc2ccccc2c2ccccc12. The zero-order valence-corrected chi connectivity index (χ0v) is 19.8. The van der Waals surface area contributed by atoms with Crippen LogP contribution in [0.4, 0.5) is 0 Å². The molecule has 0 saturated heterocycles. The van der Waals surface area contributed by atoms with E-state index < -0.39 is 0 Å². The number of aryl methyl sites for hydroxylation is 1. The summed E-state index contributed by atoms with van der Waals surface area (Å²) in [4.78, 5) is 12.5. The van der Waals surface area contributed by atoms with Gasteiger partial charge in [-0.05, 0) is 58.9 Å². The number of hydrogen-bond donors (Lipinski definition) is 1. The first kappa shape index (κ1) is 22.5. The molecular weight excluding hydrogens is 430 g/mol. The van der Waals surface area contributed by atoms with Crippen LogP contribution in [0.1, 0.15) is 30.9 Å². The Morgan fingerprint density at radius 3 is 2.31 bits per heavy atom. The molecule has 0 aliphatic rings. The Hall–Kier alpha value is -2.69. The van der Waals surface area contributed by atoms with Gasteiger partial charge in [0, 0.05) is 6.54 Å². The fraction of sp³-hybridized carbons (Fsp3) is 0.214. The number of benzene rings is 4. The number of amides is 1. The minimum absolute atomic E-state index is 0.0458. The number of thioether (sulfide) groups is 1. The number of nitrogens with one attached hydrogen (secondary N) is 1. The van der Waals surface area contributed by atoms with Gasteiger partial charge in [-0.2, -0.15) is 0 Å². The van der Waals surface area contributed by atoms with Crippen LogP contribution in [0.2, 0.25) is 0 Å². The lowest BCUT2D eigenvalue weighted by molar-refractivity contribution is -0.120. The first-order valence-corrected chi connectivity index (χ1v) is 12.4. The highest BCUT2D eigenvalue weighted by Crippen LogP contribution is 2.29. The first-order valence-electron chi connectivity index (χ1n) is 11.1. The first-order chi connectivity index (χ1) is 15.6. The second-order valence-electron chi connectivity index (χ2n) is 7.96. The molecule has 0 aromatic heterocycles. The molecule has 4 rings (SSSR count). The smallest absolute Gasteiger partial charge is 0.233 e. The maximum Gasteiger partial charge on any atom is 0.233 e. The predicted octanol–water partition coefficient (Wildman–Crippen LogP) is 6.93.